The number of rotatable bonds is 8. The molecular weight excluding hydrogens is 383 g/mol. The minimum Gasteiger partial charge on any atom is -0.489 e. The molecule has 1 aliphatic heterocycles. The van der Waals surface area contributed by atoms with Crippen molar-refractivity contribution in [3.05, 3.63) is 72.1 Å². The van der Waals surface area contributed by atoms with Crippen LogP contribution in [0.5, 0.6) is 5.75 Å². The second kappa shape index (κ2) is 11.2. The van der Waals surface area contributed by atoms with Gasteiger partial charge in [0.25, 0.3) is 0 Å². The molecule has 2 aromatic rings. The minimum absolute atomic E-state index is 0.215. The van der Waals surface area contributed by atoms with E-state index < -0.39 is 0 Å². The monoisotopic (exact) mass is 412 g/mol. The van der Waals surface area contributed by atoms with Crippen molar-refractivity contribution in [2.45, 2.75) is 13.1 Å². The first kappa shape index (κ1) is 21.6. The highest BCUT2D eigenvalue weighted by Crippen LogP contribution is 2.21. The van der Waals surface area contributed by atoms with E-state index in [2.05, 4.69) is 22.2 Å². The zero-order valence-corrected chi connectivity index (χ0v) is 17.4. The van der Waals surface area contributed by atoms with Gasteiger partial charge in [-0.1, -0.05) is 36.9 Å². The van der Waals surface area contributed by atoms with Gasteiger partial charge in [0.15, 0.2) is 5.96 Å². The van der Waals surface area contributed by atoms with Crippen LogP contribution in [0.4, 0.5) is 10.1 Å². The molecular formula is C23H29FN4O2. The molecule has 1 saturated heterocycles. The van der Waals surface area contributed by atoms with E-state index in [9.17, 15) is 4.39 Å². The van der Waals surface area contributed by atoms with Gasteiger partial charge in [-0.3, -0.25) is 4.99 Å². The summed E-state index contributed by atoms with van der Waals surface area (Å²) in [5, 5.41) is 6.49. The highest BCUT2D eigenvalue weighted by Gasteiger charge is 2.15. The van der Waals surface area contributed by atoms with Crippen molar-refractivity contribution in [1.29, 1.82) is 0 Å². The summed E-state index contributed by atoms with van der Waals surface area (Å²) in [5.41, 5.74) is 2.49. The number of halogens is 1. The Bertz CT molecular complexity index is 866. The molecule has 2 aromatic carbocycles. The van der Waals surface area contributed by atoms with Gasteiger partial charge in [0, 0.05) is 38.8 Å². The van der Waals surface area contributed by atoms with E-state index >= 15 is 0 Å². The SMILES string of the molecule is C=CCOc1ccccc1CNC(=NC)NCc1ccc(N2CCOCC2)c(F)c1. The first-order chi connectivity index (χ1) is 14.7. The molecule has 7 heteroatoms. The predicted octanol–water partition coefficient (Wildman–Crippen LogP) is 3.09. The average Bonchev–Trinajstić information content (AvgIpc) is 2.79. The van der Waals surface area contributed by atoms with Gasteiger partial charge in [-0.2, -0.15) is 0 Å². The number of aliphatic imine (C=N–C) groups is 1. The van der Waals surface area contributed by atoms with Crippen molar-refractivity contribution in [2.24, 2.45) is 4.99 Å². The van der Waals surface area contributed by atoms with E-state index in [1.165, 1.54) is 0 Å². The van der Waals surface area contributed by atoms with Crippen molar-refractivity contribution in [2.75, 3.05) is 44.9 Å². The lowest BCUT2D eigenvalue weighted by Crippen LogP contribution is -2.37. The Morgan fingerprint density at radius 3 is 2.70 bits per heavy atom. The number of hydrogen-bond acceptors (Lipinski definition) is 4. The molecule has 0 radical (unpaired) electrons. The number of morpholine rings is 1. The lowest BCUT2D eigenvalue weighted by Gasteiger charge is -2.29. The van der Waals surface area contributed by atoms with E-state index in [1.54, 1.807) is 19.2 Å². The third-order valence-corrected chi connectivity index (χ3v) is 4.82. The number of benzene rings is 2. The molecule has 1 fully saturated rings. The molecule has 2 N–H and O–H groups in total. The number of para-hydroxylation sites is 1. The largest absolute Gasteiger partial charge is 0.489 e. The standard InChI is InChI=1S/C23H29FN4O2/c1-3-12-30-22-7-5-4-6-19(22)17-27-23(25-2)26-16-18-8-9-21(20(24)15-18)28-10-13-29-14-11-28/h3-9,15H,1,10-14,16-17H2,2H3,(H2,25,26,27). The highest BCUT2D eigenvalue weighted by molar-refractivity contribution is 5.79. The van der Waals surface area contributed by atoms with Crippen molar-refractivity contribution < 1.29 is 13.9 Å². The van der Waals surface area contributed by atoms with E-state index in [4.69, 9.17) is 9.47 Å². The average molecular weight is 413 g/mol. The van der Waals surface area contributed by atoms with Crippen LogP contribution in [0.1, 0.15) is 11.1 Å². The fourth-order valence-electron chi connectivity index (χ4n) is 3.25. The first-order valence-electron chi connectivity index (χ1n) is 10.1. The van der Waals surface area contributed by atoms with Crippen LogP contribution in [0.2, 0.25) is 0 Å². The molecule has 0 aromatic heterocycles. The summed E-state index contributed by atoms with van der Waals surface area (Å²) in [5.74, 6) is 1.22. The minimum atomic E-state index is -0.215. The number of nitrogens with one attached hydrogen (secondary N) is 2. The van der Waals surface area contributed by atoms with E-state index in [1.807, 2.05) is 41.3 Å². The maximum Gasteiger partial charge on any atom is 0.191 e. The summed E-state index contributed by atoms with van der Waals surface area (Å²) >= 11 is 0. The van der Waals surface area contributed by atoms with Crippen LogP contribution in [0, 0.1) is 5.82 Å². The van der Waals surface area contributed by atoms with Gasteiger partial charge in [-0.05, 0) is 23.8 Å². The Balaban J connectivity index is 1.54. The van der Waals surface area contributed by atoms with Crippen LogP contribution >= 0.6 is 0 Å². The van der Waals surface area contributed by atoms with Crippen molar-refractivity contribution in [3.63, 3.8) is 0 Å². The van der Waals surface area contributed by atoms with E-state index in [-0.39, 0.29) is 5.82 Å². The van der Waals surface area contributed by atoms with Crippen LogP contribution in [-0.2, 0) is 17.8 Å². The third kappa shape index (κ3) is 5.97. The van der Waals surface area contributed by atoms with Crippen molar-refractivity contribution in [3.8, 4) is 5.75 Å². The maximum atomic E-state index is 14.6. The smallest absolute Gasteiger partial charge is 0.191 e. The summed E-state index contributed by atoms with van der Waals surface area (Å²) in [6.07, 6.45) is 1.72. The molecule has 0 saturated carbocycles. The molecule has 3 rings (SSSR count). The molecule has 30 heavy (non-hydrogen) atoms. The Morgan fingerprint density at radius 2 is 1.97 bits per heavy atom. The molecule has 160 valence electrons. The van der Waals surface area contributed by atoms with Gasteiger partial charge in [0.2, 0.25) is 0 Å². The summed E-state index contributed by atoms with van der Waals surface area (Å²) in [6.45, 7) is 7.84. The fraction of sp³-hybridized carbons (Fsp3) is 0.348. The second-order valence-corrected chi connectivity index (χ2v) is 6.87. The lowest BCUT2D eigenvalue weighted by atomic mass is 10.1. The molecule has 0 bridgehead atoms. The number of guanidine groups is 1. The van der Waals surface area contributed by atoms with Crippen LogP contribution < -0.4 is 20.3 Å². The summed E-state index contributed by atoms with van der Waals surface area (Å²) in [7, 11) is 1.71. The van der Waals surface area contributed by atoms with Crippen LogP contribution in [0.25, 0.3) is 0 Å². The number of hydrogen-bond donors (Lipinski definition) is 2. The predicted molar refractivity (Wildman–Crippen MR) is 119 cm³/mol. The Labute approximate surface area is 177 Å². The Morgan fingerprint density at radius 1 is 1.20 bits per heavy atom. The number of anilines is 1. The maximum absolute atomic E-state index is 14.6. The van der Waals surface area contributed by atoms with Crippen LogP contribution in [-0.4, -0.2) is 45.9 Å². The van der Waals surface area contributed by atoms with Gasteiger partial charge in [0.05, 0.1) is 18.9 Å². The quantitative estimate of drug-likeness (QED) is 0.396. The fourth-order valence-corrected chi connectivity index (χ4v) is 3.25. The highest BCUT2D eigenvalue weighted by atomic mass is 19.1. The molecule has 1 heterocycles. The zero-order chi connectivity index (χ0) is 21.2. The summed E-state index contributed by atoms with van der Waals surface area (Å²) in [6, 6.07) is 13.2. The second-order valence-electron chi connectivity index (χ2n) is 6.87. The van der Waals surface area contributed by atoms with E-state index in [0.29, 0.717) is 57.6 Å². The van der Waals surface area contributed by atoms with Gasteiger partial charge < -0.3 is 25.0 Å². The molecule has 1 aliphatic rings. The van der Waals surface area contributed by atoms with E-state index in [0.717, 1.165) is 16.9 Å². The van der Waals surface area contributed by atoms with Gasteiger partial charge >= 0.3 is 0 Å². The molecule has 0 aliphatic carbocycles. The topological polar surface area (TPSA) is 58.1 Å². The Kier molecular flexibility index (Phi) is 8.09. The van der Waals surface area contributed by atoms with Crippen molar-refractivity contribution >= 4 is 11.6 Å². The normalized spacial score (nSPS) is 14.3. The number of nitrogens with zero attached hydrogens (tertiary/aromatic N) is 2. The van der Waals surface area contributed by atoms with Gasteiger partial charge in [0.1, 0.15) is 18.2 Å². The zero-order valence-electron chi connectivity index (χ0n) is 17.4. The molecule has 0 amide bonds. The summed E-state index contributed by atoms with van der Waals surface area (Å²) in [4.78, 5) is 6.26. The van der Waals surface area contributed by atoms with Crippen LogP contribution in [0.15, 0.2) is 60.1 Å². The van der Waals surface area contributed by atoms with Gasteiger partial charge in [-0.15, -0.1) is 0 Å². The third-order valence-electron chi connectivity index (χ3n) is 4.82. The summed E-state index contributed by atoms with van der Waals surface area (Å²) < 4.78 is 25.6. The lowest BCUT2D eigenvalue weighted by molar-refractivity contribution is 0.122. The van der Waals surface area contributed by atoms with Crippen molar-refractivity contribution in [1.82, 2.24) is 10.6 Å². The van der Waals surface area contributed by atoms with Gasteiger partial charge in [-0.25, -0.2) is 4.39 Å². The Hall–Kier alpha value is -3.06. The number of ether oxygens (including phenoxy) is 2. The first-order valence-corrected chi connectivity index (χ1v) is 10.1. The van der Waals surface area contributed by atoms with Crippen LogP contribution in [0.3, 0.4) is 0 Å². The molecule has 0 unspecified atom stereocenters. The molecule has 6 nitrogen and oxygen atoms in total. The molecule has 0 spiro atoms. The molecule has 0 atom stereocenters.